The fraction of sp³-hybridized carbons (Fsp3) is 0.471. The second-order valence-electron chi connectivity index (χ2n) is 6.45. The maximum absolute atomic E-state index is 11.5. The number of carbonyl (C=O) groups is 1. The van der Waals surface area contributed by atoms with E-state index in [2.05, 4.69) is 5.32 Å². The van der Waals surface area contributed by atoms with Crippen molar-refractivity contribution < 1.29 is 19.7 Å². The summed E-state index contributed by atoms with van der Waals surface area (Å²) in [6, 6.07) is 7.63. The lowest BCUT2D eigenvalue weighted by Crippen LogP contribution is -2.34. The molecular weight excluding hydrogens is 314 g/mol. The molecule has 0 saturated heterocycles. The zero-order chi connectivity index (χ0) is 17.0. The van der Waals surface area contributed by atoms with Crippen molar-refractivity contribution in [3.05, 3.63) is 35.2 Å². The molecule has 2 aromatic rings. The van der Waals surface area contributed by atoms with Crippen LogP contribution in [-0.4, -0.2) is 34.6 Å². The minimum Gasteiger partial charge on any atom is -0.444 e. The Morgan fingerprint density at radius 3 is 2.74 bits per heavy atom. The van der Waals surface area contributed by atoms with Crippen LogP contribution in [0.5, 0.6) is 0 Å². The predicted octanol–water partition coefficient (Wildman–Crippen LogP) is 3.21. The molecule has 126 valence electrons. The van der Waals surface area contributed by atoms with E-state index in [0.29, 0.717) is 5.56 Å². The van der Waals surface area contributed by atoms with Crippen LogP contribution in [0.15, 0.2) is 29.6 Å². The Morgan fingerprint density at radius 1 is 1.30 bits per heavy atom. The molecular formula is C17H23NO4S. The van der Waals surface area contributed by atoms with Gasteiger partial charge in [0.25, 0.3) is 0 Å². The van der Waals surface area contributed by atoms with E-state index in [1.54, 1.807) is 32.1 Å². The lowest BCUT2D eigenvalue weighted by molar-refractivity contribution is 0.0124. The van der Waals surface area contributed by atoms with Crippen molar-refractivity contribution in [2.24, 2.45) is 0 Å². The van der Waals surface area contributed by atoms with Crippen molar-refractivity contribution in [3.8, 4) is 0 Å². The molecule has 3 N–H and O–H groups in total. The minimum absolute atomic E-state index is 0.231. The van der Waals surface area contributed by atoms with Crippen molar-refractivity contribution in [1.82, 2.24) is 5.32 Å². The van der Waals surface area contributed by atoms with Crippen molar-refractivity contribution >= 4 is 27.5 Å². The summed E-state index contributed by atoms with van der Waals surface area (Å²) in [5, 5.41) is 26.0. The quantitative estimate of drug-likeness (QED) is 0.783. The number of alkyl carbamates (subject to hydrolysis) is 1. The number of aliphatic hydroxyl groups excluding tert-OH is 2. The Kier molecular flexibility index (Phi) is 5.62. The number of benzene rings is 1. The maximum Gasteiger partial charge on any atom is 0.407 e. The van der Waals surface area contributed by atoms with Crippen LogP contribution in [0.4, 0.5) is 4.79 Å². The van der Waals surface area contributed by atoms with Gasteiger partial charge in [-0.25, -0.2) is 4.79 Å². The summed E-state index contributed by atoms with van der Waals surface area (Å²) in [7, 11) is 0. The number of thiophene rings is 1. The Bertz CT molecular complexity index is 662. The summed E-state index contributed by atoms with van der Waals surface area (Å²) in [5.74, 6) is 0. The number of hydrogen-bond donors (Lipinski definition) is 3. The van der Waals surface area contributed by atoms with Gasteiger partial charge in [-0.3, -0.25) is 0 Å². The molecule has 6 heteroatoms. The third kappa shape index (κ3) is 5.20. The maximum atomic E-state index is 11.5. The van der Waals surface area contributed by atoms with E-state index in [9.17, 15) is 15.0 Å². The first-order valence-electron chi connectivity index (χ1n) is 7.56. The van der Waals surface area contributed by atoms with E-state index in [0.717, 1.165) is 10.1 Å². The number of ether oxygens (including phenoxy) is 1. The second kappa shape index (κ2) is 7.29. The number of amides is 1. The molecule has 0 radical (unpaired) electrons. The standard InChI is InChI=1S/C17H23NO4S/c1-17(2,3)22-16(21)18-8-6-13(19)15(20)12-5-4-11-7-9-23-14(11)10-12/h4-5,7,9-10,13,15,19-20H,6,8H2,1-3H3,(H,18,21). The number of nitrogens with one attached hydrogen (secondary N) is 1. The molecule has 1 aromatic carbocycles. The number of hydrogen-bond acceptors (Lipinski definition) is 5. The third-order valence-electron chi connectivity index (χ3n) is 3.29. The SMILES string of the molecule is CC(C)(C)OC(=O)NCCC(O)C(O)c1ccc2ccsc2c1. The molecule has 0 saturated carbocycles. The molecule has 0 aliphatic carbocycles. The van der Waals surface area contributed by atoms with Crippen molar-refractivity contribution in [2.45, 2.75) is 45.0 Å². The average molecular weight is 337 g/mol. The van der Waals surface area contributed by atoms with Crippen LogP contribution in [0.1, 0.15) is 38.9 Å². The summed E-state index contributed by atoms with van der Waals surface area (Å²) in [6.07, 6.45) is -2.23. The lowest BCUT2D eigenvalue weighted by Gasteiger charge is -2.21. The van der Waals surface area contributed by atoms with Crippen LogP contribution in [0, 0.1) is 0 Å². The van der Waals surface area contributed by atoms with E-state index in [-0.39, 0.29) is 13.0 Å². The average Bonchev–Trinajstić information content (AvgIpc) is 2.91. The molecule has 5 nitrogen and oxygen atoms in total. The first kappa shape index (κ1) is 17.7. The largest absolute Gasteiger partial charge is 0.444 e. The second-order valence-corrected chi connectivity index (χ2v) is 7.40. The van der Waals surface area contributed by atoms with E-state index in [1.807, 2.05) is 29.6 Å². The molecule has 1 aromatic heterocycles. The van der Waals surface area contributed by atoms with Gasteiger partial charge >= 0.3 is 6.09 Å². The fourth-order valence-electron chi connectivity index (χ4n) is 2.17. The monoisotopic (exact) mass is 337 g/mol. The van der Waals surface area contributed by atoms with Crippen LogP contribution >= 0.6 is 11.3 Å². The summed E-state index contributed by atoms with van der Waals surface area (Å²) >= 11 is 1.59. The normalized spacial score (nSPS) is 14.5. The summed E-state index contributed by atoms with van der Waals surface area (Å²) in [5.41, 5.74) is 0.114. The zero-order valence-corrected chi connectivity index (χ0v) is 14.4. The topological polar surface area (TPSA) is 78.8 Å². The van der Waals surface area contributed by atoms with Crippen molar-refractivity contribution in [3.63, 3.8) is 0 Å². The van der Waals surface area contributed by atoms with Gasteiger partial charge in [-0.2, -0.15) is 0 Å². The minimum atomic E-state index is -0.984. The van der Waals surface area contributed by atoms with Crippen LogP contribution in [0.2, 0.25) is 0 Å². The zero-order valence-electron chi connectivity index (χ0n) is 13.6. The van der Waals surface area contributed by atoms with Gasteiger partial charge in [0.1, 0.15) is 11.7 Å². The number of aliphatic hydroxyl groups is 2. The van der Waals surface area contributed by atoms with Crippen LogP contribution in [0.25, 0.3) is 10.1 Å². The third-order valence-corrected chi connectivity index (χ3v) is 4.17. The smallest absolute Gasteiger partial charge is 0.407 e. The molecule has 1 heterocycles. The van der Waals surface area contributed by atoms with Crippen LogP contribution < -0.4 is 5.32 Å². The Morgan fingerprint density at radius 2 is 2.04 bits per heavy atom. The summed E-state index contributed by atoms with van der Waals surface area (Å²) in [4.78, 5) is 11.5. The molecule has 0 bridgehead atoms. The van der Waals surface area contributed by atoms with Gasteiger partial charge in [-0.15, -0.1) is 11.3 Å². The van der Waals surface area contributed by atoms with Crippen LogP contribution in [0.3, 0.4) is 0 Å². The lowest BCUT2D eigenvalue weighted by atomic mass is 10.0. The Hall–Kier alpha value is -1.63. The molecule has 1 amide bonds. The Balaban J connectivity index is 1.85. The van der Waals surface area contributed by atoms with E-state index >= 15 is 0 Å². The van der Waals surface area contributed by atoms with Gasteiger partial charge in [0, 0.05) is 11.2 Å². The van der Waals surface area contributed by atoms with Crippen molar-refractivity contribution in [2.75, 3.05) is 6.54 Å². The van der Waals surface area contributed by atoms with Gasteiger partial charge in [-0.1, -0.05) is 12.1 Å². The predicted molar refractivity (Wildman–Crippen MR) is 91.6 cm³/mol. The first-order valence-corrected chi connectivity index (χ1v) is 8.44. The highest BCUT2D eigenvalue weighted by Crippen LogP contribution is 2.26. The molecule has 0 aliphatic heterocycles. The van der Waals surface area contributed by atoms with E-state index < -0.39 is 23.9 Å². The van der Waals surface area contributed by atoms with Gasteiger partial charge in [0.15, 0.2) is 0 Å². The molecule has 0 aliphatic rings. The first-order chi connectivity index (χ1) is 10.8. The van der Waals surface area contributed by atoms with Crippen LogP contribution in [-0.2, 0) is 4.74 Å². The summed E-state index contributed by atoms with van der Waals surface area (Å²) in [6.45, 7) is 5.58. The van der Waals surface area contributed by atoms with Gasteiger partial charge in [0.05, 0.1) is 6.10 Å². The van der Waals surface area contributed by atoms with Gasteiger partial charge in [-0.05, 0) is 55.7 Å². The van der Waals surface area contributed by atoms with E-state index in [1.165, 1.54) is 0 Å². The van der Waals surface area contributed by atoms with Gasteiger partial charge < -0.3 is 20.3 Å². The summed E-state index contributed by atoms with van der Waals surface area (Å²) < 4.78 is 6.18. The number of carbonyl (C=O) groups excluding carboxylic acids is 1. The molecule has 0 spiro atoms. The molecule has 2 rings (SSSR count). The van der Waals surface area contributed by atoms with E-state index in [4.69, 9.17) is 4.74 Å². The highest BCUT2D eigenvalue weighted by atomic mass is 32.1. The number of rotatable bonds is 5. The highest BCUT2D eigenvalue weighted by Gasteiger charge is 2.20. The molecule has 23 heavy (non-hydrogen) atoms. The van der Waals surface area contributed by atoms with Crippen molar-refractivity contribution in [1.29, 1.82) is 0 Å². The molecule has 2 atom stereocenters. The van der Waals surface area contributed by atoms with Gasteiger partial charge in [0.2, 0.25) is 0 Å². The number of fused-ring (bicyclic) bond motifs is 1. The Labute approximate surface area is 139 Å². The molecule has 0 fully saturated rings. The fourth-order valence-corrected chi connectivity index (χ4v) is 3.01. The highest BCUT2D eigenvalue weighted by molar-refractivity contribution is 7.17. The molecule has 2 unspecified atom stereocenters.